The third-order valence-corrected chi connectivity index (χ3v) is 3.19. The van der Waals surface area contributed by atoms with Gasteiger partial charge in [-0.2, -0.15) is 13.2 Å². The number of benzene rings is 1. The van der Waals surface area contributed by atoms with E-state index >= 15 is 0 Å². The van der Waals surface area contributed by atoms with Crippen molar-refractivity contribution in [3.63, 3.8) is 0 Å². The van der Waals surface area contributed by atoms with Crippen molar-refractivity contribution >= 4 is 6.09 Å². The van der Waals surface area contributed by atoms with Gasteiger partial charge >= 0.3 is 12.3 Å². The minimum atomic E-state index is -4.34. The predicted molar refractivity (Wildman–Crippen MR) is 72.0 cm³/mol. The lowest BCUT2D eigenvalue weighted by Crippen LogP contribution is -2.39. The molecule has 0 aliphatic heterocycles. The van der Waals surface area contributed by atoms with Crippen LogP contribution in [0, 0.1) is 0 Å². The van der Waals surface area contributed by atoms with Crippen LogP contribution >= 0.6 is 0 Å². The molecule has 3 nitrogen and oxygen atoms in total. The first-order valence-electron chi connectivity index (χ1n) is 6.73. The zero-order valence-electron chi connectivity index (χ0n) is 12.2. The maximum Gasteiger partial charge on any atom is 0.416 e. The average Bonchev–Trinajstić information content (AvgIpc) is 2.65. The molecule has 2 rings (SSSR count). The van der Waals surface area contributed by atoms with Crippen LogP contribution in [0.2, 0.25) is 0 Å². The van der Waals surface area contributed by atoms with E-state index < -0.39 is 23.4 Å². The van der Waals surface area contributed by atoms with Gasteiger partial charge in [-0.15, -0.1) is 0 Å². The number of carbonyl (C=O) groups is 1. The van der Waals surface area contributed by atoms with E-state index in [2.05, 4.69) is 5.32 Å². The third kappa shape index (κ3) is 4.12. The number of nitrogens with one attached hydrogen (secondary N) is 1. The highest BCUT2D eigenvalue weighted by molar-refractivity contribution is 5.68. The second-order valence-corrected chi connectivity index (χ2v) is 6.23. The molecule has 1 amide bonds. The third-order valence-electron chi connectivity index (χ3n) is 3.19. The Morgan fingerprint density at radius 3 is 2.38 bits per heavy atom. The molecule has 0 aromatic heterocycles. The van der Waals surface area contributed by atoms with Gasteiger partial charge in [-0.1, -0.05) is 6.07 Å². The molecule has 1 N–H and O–H groups in total. The number of halogens is 3. The molecule has 1 unspecified atom stereocenters. The maximum absolute atomic E-state index is 12.7. The summed E-state index contributed by atoms with van der Waals surface area (Å²) in [6.45, 7) is 5.27. The number of rotatable bonds is 1. The lowest BCUT2D eigenvalue weighted by Gasteiger charge is -2.21. The van der Waals surface area contributed by atoms with Crippen molar-refractivity contribution < 1.29 is 22.7 Å². The first-order valence-corrected chi connectivity index (χ1v) is 6.73. The number of alkyl halides is 3. The molecule has 1 aliphatic rings. The number of ether oxygens (including phenoxy) is 1. The van der Waals surface area contributed by atoms with E-state index in [-0.39, 0.29) is 6.04 Å². The number of fused-ring (bicyclic) bond motifs is 1. The van der Waals surface area contributed by atoms with Crippen molar-refractivity contribution in [1.82, 2.24) is 5.32 Å². The summed E-state index contributed by atoms with van der Waals surface area (Å²) in [5, 5.41) is 2.70. The summed E-state index contributed by atoms with van der Waals surface area (Å²) in [5.41, 5.74) is 0.216. The normalized spacial score (nSPS) is 18.3. The molecule has 1 aromatic carbocycles. The zero-order valence-corrected chi connectivity index (χ0v) is 12.2. The Bertz CT molecular complexity index is 547. The van der Waals surface area contributed by atoms with E-state index in [9.17, 15) is 18.0 Å². The van der Waals surface area contributed by atoms with E-state index in [1.165, 1.54) is 6.07 Å². The molecular weight excluding hydrogens is 283 g/mol. The summed E-state index contributed by atoms with van der Waals surface area (Å²) >= 11 is 0. The van der Waals surface area contributed by atoms with Gasteiger partial charge < -0.3 is 10.1 Å². The highest BCUT2D eigenvalue weighted by atomic mass is 19.4. The summed E-state index contributed by atoms with van der Waals surface area (Å²) in [7, 11) is 0. The van der Waals surface area contributed by atoms with Crippen molar-refractivity contribution in [1.29, 1.82) is 0 Å². The monoisotopic (exact) mass is 301 g/mol. The maximum atomic E-state index is 12.7. The fraction of sp³-hybridized carbons (Fsp3) is 0.533. The Balaban J connectivity index is 2.02. The van der Waals surface area contributed by atoms with Gasteiger partial charge in [0.15, 0.2) is 0 Å². The minimum absolute atomic E-state index is 0.224. The van der Waals surface area contributed by atoms with Crippen LogP contribution in [0.4, 0.5) is 18.0 Å². The summed E-state index contributed by atoms with van der Waals surface area (Å²) < 4.78 is 43.1. The molecule has 0 bridgehead atoms. The van der Waals surface area contributed by atoms with Gasteiger partial charge in [0.05, 0.1) is 5.56 Å². The number of hydrogen-bond donors (Lipinski definition) is 1. The molecule has 0 saturated carbocycles. The molecule has 1 atom stereocenters. The SMILES string of the molecule is CC(C)(C)OC(=O)NC1Cc2ccc(C(F)(F)F)cc2C1. The van der Waals surface area contributed by atoms with Crippen LogP contribution in [0.15, 0.2) is 18.2 Å². The van der Waals surface area contributed by atoms with E-state index in [0.717, 1.165) is 17.7 Å². The Labute approximate surface area is 121 Å². The molecule has 21 heavy (non-hydrogen) atoms. The number of amides is 1. The fourth-order valence-electron chi connectivity index (χ4n) is 2.37. The Morgan fingerprint density at radius 1 is 1.19 bits per heavy atom. The molecular formula is C15H18F3NO2. The number of carbonyl (C=O) groups excluding carboxylic acids is 1. The highest BCUT2D eigenvalue weighted by Crippen LogP contribution is 2.33. The molecule has 1 aliphatic carbocycles. The lowest BCUT2D eigenvalue weighted by molar-refractivity contribution is -0.137. The van der Waals surface area contributed by atoms with E-state index in [1.54, 1.807) is 20.8 Å². The first kappa shape index (κ1) is 15.7. The van der Waals surface area contributed by atoms with Gasteiger partial charge in [-0.05, 0) is 56.9 Å². The van der Waals surface area contributed by atoms with Gasteiger partial charge in [0.1, 0.15) is 5.60 Å². The van der Waals surface area contributed by atoms with Gasteiger partial charge in [0.2, 0.25) is 0 Å². The zero-order chi connectivity index (χ0) is 15.8. The second kappa shape index (κ2) is 5.24. The first-order chi connectivity index (χ1) is 9.54. The van der Waals surface area contributed by atoms with Crippen LogP contribution < -0.4 is 5.32 Å². The van der Waals surface area contributed by atoms with Gasteiger partial charge in [-0.3, -0.25) is 0 Å². The van der Waals surface area contributed by atoms with Gasteiger partial charge in [0, 0.05) is 6.04 Å². The van der Waals surface area contributed by atoms with Crippen molar-refractivity contribution in [3.8, 4) is 0 Å². The van der Waals surface area contributed by atoms with Crippen LogP contribution in [0.25, 0.3) is 0 Å². The number of hydrogen-bond acceptors (Lipinski definition) is 2. The van der Waals surface area contributed by atoms with Crippen molar-refractivity contribution in [2.75, 3.05) is 0 Å². The molecule has 0 radical (unpaired) electrons. The lowest BCUT2D eigenvalue weighted by atomic mass is 10.1. The van der Waals surface area contributed by atoms with E-state index in [4.69, 9.17) is 4.74 Å². The molecule has 6 heteroatoms. The van der Waals surface area contributed by atoms with Crippen LogP contribution in [-0.2, 0) is 23.8 Å². The summed E-state index contributed by atoms with van der Waals surface area (Å²) in [6.07, 6.45) is -3.98. The second-order valence-electron chi connectivity index (χ2n) is 6.23. The molecule has 1 aromatic rings. The van der Waals surface area contributed by atoms with Crippen LogP contribution in [0.3, 0.4) is 0 Å². The summed E-state index contributed by atoms with van der Waals surface area (Å²) in [4.78, 5) is 11.7. The largest absolute Gasteiger partial charge is 0.444 e. The van der Waals surface area contributed by atoms with Crippen molar-refractivity contribution in [2.24, 2.45) is 0 Å². The molecule has 0 fully saturated rings. The molecule has 0 heterocycles. The smallest absolute Gasteiger partial charge is 0.416 e. The Hall–Kier alpha value is -1.72. The molecule has 116 valence electrons. The van der Waals surface area contributed by atoms with Crippen LogP contribution in [-0.4, -0.2) is 17.7 Å². The Morgan fingerprint density at radius 2 is 1.81 bits per heavy atom. The van der Waals surface area contributed by atoms with E-state index in [1.807, 2.05) is 0 Å². The Kier molecular flexibility index (Phi) is 3.91. The van der Waals surface area contributed by atoms with Gasteiger partial charge in [0.25, 0.3) is 0 Å². The summed E-state index contributed by atoms with van der Waals surface area (Å²) in [5.74, 6) is 0. The summed E-state index contributed by atoms with van der Waals surface area (Å²) in [6, 6.07) is 3.49. The minimum Gasteiger partial charge on any atom is -0.444 e. The number of alkyl carbamates (subject to hydrolysis) is 1. The molecule has 0 saturated heterocycles. The van der Waals surface area contributed by atoms with Crippen molar-refractivity contribution in [2.45, 2.75) is 51.4 Å². The predicted octanol–water partition coefficient (Wildman–Crippen LogP) is 3.70. The van der Waals surface area contributed by atoms with Crippen LogP contribution in [0.5, 0.6) is 0 Å². The van der Waals surface area contributed by atoms with Crippen molar-refractivity contribution in [3.05, 3.63) is 34.9 Å². The topological polar surface area (TPSA) is 38.3 Å². The standard InChI is InChI=1S/C15H18F3NO2/c1-14(2,3)21-13(20)19-12-7-9-4-5-11(15(16,17)18)6-10(9)8-12/h4-6,12H,7-8H2,1-3H3,(H,19,20). The van der Waals surface area contributed by atoms with Gasteiger partial charge in [-0.25, -0.2) is 4.79 Å². The van der Waals surface area contributed by atoms with E-state index in [0.29, 0.717) is 18.4 Å². The fourth-order valence-corrected chi connectivity index (χ4v) is 2.37. The van der Waals surface area contributed by atoms with Crippen LogP contribution in [0.1, 0.15) is 37.5 Å². The highest BCUT2D eigenvalue weighted by Gasteiger charge is 2.33. The quantitative estimate of drug-likeness (QED) is 0.859. The molecule has 0 spiro atoms. The average molecular weight is 301 g/mol.